The van der Waals surface area contributed by atoms with Crippen molar-refractivity contribution in [2.75, 3.05) is 0 Å². The summed E-state index contributed by atoms with van der Waals surface area (Å²) >= 11 is 0. The highest BCUT2D eigenvalue weighted by Crippen LogP contribution is 2.25. The van der Waals surface area contributed by atoms with Crippen LogP contribution in [0.25, 0.3) is 0 Å². The third-order valence-corrected chi connectivity index (χ3v) is 3.81. The lowest BCUT2D eigenvalue weighted by Crippen LogP contribution is -2.34. The predicted molar refractivity (Wildman–Crippen MR) is 69.7 cm³/mol. The number of aliphatic hydroxyl groups is 1. The van der Waals surface area contributed by atoms with Gasteiger partial charge in [-0.1, -0.05) is 38.5 Å². The summed E-state index contributed by atoms with van der Waals surface area (Å²) in [5, 5.41) is 10.4. The Balaban J connectivity index is 2.84. The fourth-order valence-electron chi connectivity index (χ4n) is 1.94. The zero-order valence-electron chi connectivity index (χ0n) is 11.2. The van der Waals surface area contributed by atoms with Gasteiger partial charge in [-0.25, -0.2) is 0 Å². The van der Waals surface area contributed by atoms with Crippen LogP contribution in [0.1, 0.15) is 43.9 Å². The molecule has 16 heavy (non-hydrogen) atoms. The molecule has 0 radical (unpaired) electrons. The normalized spacial score (nSPS) is 16.9. The maximum absolute atomic E-state index is 10.4. The minimum absolute atomic E-state index is 0.328. The van der Waals surface area contributed by atoms with E-state index in [9.17, 15) is 5.11 Å². The van der Waals surface area contributed by atoms with Gasteiger partial charge in [-0.05, 0) is 43.4 Å². The highest BCUT2D eigenvalue weighted by Gasteiger charge is 2.27. The van der Waals surface area contributed by atoms with Crippen molar-refractivity contribution in [2.45, 2.75) is 53.1 Å². The van der Waals surface area contributed by atoms with Crippen LogP contribution in [-0.2, 0) is 6.42 Å². The van der Waals surface area contributed by atoms with E-state index in [4.69, 9.17) is 0 Å². The Labute approximate surface area is 99.5 Å². The molecule has 1 aromatic rings. The number of hydrogen-bond acceptors (Lipinski definition) is 1. The van der Waals surface area contributed by atoms with Crippen molar-refractivity contribution in [1.82, 2.24) is 0 Å². The molecule has 2 atom stereocenters. The lowest BCUT2D eigenvalue weighted by atomic mass is 9.83. The van der Waals surface area contributed by atoms with E-state index >= 15 is 0 Å². The summed E-state index contributed by atoms with van der Waals surface area (Å²) < 4.78 is 0. The van der Waals surface area contributed by atoms with Gasteiger partial charge in [0.25, 0.3) is 0 Å². The first-order valence-electron chi connectivity index (χ1n) is 6.15. The molecule has 2 unspecified atom stereocenters. The Hall–Kier alpha value is -0.820. The Morgan fingerprint density at radius 2 is 1.88 bits per heavy atom. The summed E-state index contributed by atoms with van der Waals surface area (Å²) in [6.45, 7) is 10.4. The van der Waals surface area contributed by atoms with Crippen molar-refractivity contribution in [2.24, 2.45) is 5.92 Å². The predicted octanol–water partition coefficient (Wildman–Crippen LogP) is 3.64. The van der Waals surface area contributed by atoms with E-state index in [1.54, 1.807) is 0 Å². The molecule has 1 nitrogen and oxygen atoms in total. The van der Waals surface area contributed by atoms with Crippen LogP contribution >= 0.6 is 0 Å². The zero-order valence-corrected chi connectivity index (χ0v) is 11.2. The number of benzene rings is 1. The Bertz CT molecular complexity index is 352. The highest BCUT2D eigenvalue weighted by atomic mass is 16.3. The molecule has 1 N–H and O–H groups in total. The second kappa shape index (κ2) is 5.01. The average molecular weight is 220 g/mol. The lowest BCUT2D eigenvalue weighted by molar-refractivity contribution is 0.00516. The minimum Gasteiger partial charge on any atom is -0.390 e. The van der Waals surface area contributed by atoms with Crippen molar-refractivity contribution in [3.63, 3.8) is 0 Å². The van der Waals surface area contributed by atoms with Gasteiger partial charge in [0, 0.05) is 6.42 Å². The van der Waals surface area contributed by atoms with Gasteiger partial charge in [0.2, 0.25) is 0 Å². The molecule has 0 spiro atoms. The van der Waals surface area contributed by atoms with Crippen molar-refractivity contribution >= 4 is 0 Å². The van der Waals surface area contributed by atoms with Crippen LogP contribution < -0.4 is 0 Å². The van der Waals surface area contributed by atoms with E-state index in [0.29, 0.717) is 5.92 Å². The topological polar surface area (TPSA) is 20.2 Å². The largest absolute Gasteiger partial charge is 0.390 e. The number of rotatable bonds is 4. The molecule has 0 amide bonds. The van der Waals surface area contributed by atoms with Gasteiger partial charge < -0.3 is 5.11 Å². The summed E-state index contributed by atoms with van der Waals surface area (Å²) in [7, 11) is 0. The van der Waals surface area contributed by atoms with Crippen LogP contribution in [0.5, 0.6) is 0 Å². The van der Waals surface area contributed by atoms with E-state index in [0.717, 1.165) is 12.8 Å². The van der Waals surface area contributed by atoms with Crippen LogP contribution in [-0.4, -0.2) is 10.7 Å². The standard InChI is InChI=1S/C15H24O/c1-6-13(4)15(5,16)10-14-8-7-11(2)12(3)9-14/h7-9,13,16H,6,10H2,1-5H3. The van der Waals surface area contributed by atoms with Gasteiger partial charge >= 0.3 is 0 Å². The molecular weight excluding hydrogens is 196 g/mol. The Kier molecular flexibility index (Phi) is 4.15. The molecule has 1 rings (SSSR count). The third-order valence-electron chi connectivity index (χ3n) is 3.81. The Morgan fingerprint density at radius 3 is 2.38 bits per heavy atom. The van der Waals surface area contributed by atoms with Gasteiger partial charge in [0.15, 0.2) is 0 Å². The fourth-order valence-corrected chi connectivity index (χ4v) is 1.94. The number of aryl methyl sites for hydroxylation is 2. The SMILES string of the molecule is CCC(C)C(C)(O)Cc1ccc(C)c(C)c1. The highest BCUT2D eigenvalue weighted by molar-refractivity contribution is 5.30. The van der Waals surface area contributed by atoms with E-state index in [2.05, 4.69) is 45.9 Å². The zero-order chi connectivity index (χ0) is 12.3. The maximum Gasteiger partial charge on any atom is 0.0685 e. The monoisotopic (exact) mass is 220 g/mol. The molecule has 90 valence electrons. The van der Waals surface area contributed by atoms with Gasteiger partial charge in [0.1, 0.15) is 0 Å². The van der Waals surface area contributed by atoms with E-state index in [-0.39, 0.29) is 0 Å². The smallest absolute Gasteiger partial charge is 0.0685 e. The molecule has 0 saturated carbocycles. The van der Waals surface area contributed by atoms with Crippen molar-refractivity contribution in [1.29, 1.82) is 0 Å². The summed E-state index contributed by atoms with van der Waals surface area (Å²) in [4.78, 5) is 0. The maximum atomic E-state index is 10.4. The van der Waals surface area contributed by atoms with E-state index in [1.807, 2.05) is 6.92 Å². The molecular formula is C15H24O. The van der Waals surface area contributed by atoms with Crippen molar-refractivity contribution in [3.05, 3.63) is 34.9 Å². The third kappa shape index (κ3) is 3.08. The Morgan fingerprint density at radius 1 is 1.25 bits per heavy atom. The van der Waals surface area contributed by atoms with Crippen LogP contribution in [0.15, 0.2) is 18.2 Å². The fraction of sp³-hybridized carbons (Fsp3) is 0.600. The second-order valence-electron chi connectivity index (χ2n) is 5.26. The molecule has 0 saturated heterocycles. The van der Waals surface area contributed by atoms with Gasteiger partial charge in [0.05, 0.1) is 5.60 Å². The molecule has 1 heteroatoms. The average Bonchev–Trinajstić information content (AvgIpc) is 2.22. The van der Waals surface area contributed by atoms with Crippen LogP contribution in [0.4, 0.5) is 0 Å². The van der Waals surface area contributed by atoms with Crippen molar-refractivity contribution in [3.8, 4) is 0 Å². The lowest BCUT2D eigenvalue weighted by Gasteiger charge is -2.30. The molecule has 0 aliphatic rings. The molecule has 0 heterocycles. The van der Waals surface area contributed by atoms with E-state index < -0.39 is 5.60 Å². The summed E-state index contributed by atoms with van der Waals surface area (Å²) in [5.41, 5.74) is 3.24. The minimum atomic E-state index is -0.601. The molecule has 0 aliphatic heterocycles. The van der Waals surface area contributed by atoms with Crippen LogP contribution in [0.2, 0.25) is 0 Å². The van der Waals surface area contributed by atoms with Gasteiger partial charge in [-0.2, -0.15) is 0 Å². The number of hydrogen-bond donors (Lipinski definition) is 1. The first-order valence-corrected chi connectivity index (χ1v) is 6.15. The molecule has 0 bridgehead atoms. The quantitative estimate of drug-likeness (QED) is 0.821. The molecule has 0 fully saturated rings. The summed E-state index contributed by atoms with van der Waals surface area (Å²) in [6, 6.07) is 6.45. The molecule has 0 aromatic heterocycles. The molecule has 0 aliphatic carbocycles. The van der Waals surface area contributed by atoms with E-state index in [1.165, 1.54) is 16.7 Å². The van der Waals surface area contributed by atoms with Crippen molar-refractivity contribution < 1.29 is 5.11 Å². The first-order chi connectivity index (χ1) is 7.36. The summed E-state index contributed by atoms with van der Waals surface area (Å²) in [6.07, 6.45) is 1.75. The van der Waals surface area contributed by atoms with Gasteiger partial charge in [-0.3, -0.25) is 0 Å². The van der Waals surface area contributed by atoms with Crippen LogP contribution in [0.3, 0.4) is 0 Å². The first kappa shape index (κ1) is 13.2. The summed E-state index contributed by atoms with van der Waals surface area (Å²) in [5.74, 6) is 0.328. The van der Waals surface area contributed by atoms with Crippen LogP contribution in [0, 0.1) is 19.8 Å². The van der Waals surface area contributed by atoms with Gasteiger partial charge in [-0.15, -0.1) is 0 Å². The molecule has 1 aromatic carbocycles. The second-order valence-corrected chi connectivity index (χ2v) is 5.26.